The quantitative estimate of drug-likeness (QED) is 0.586. The minimum Gasteiger partial charge on any atom is -0.495 e. The average Bonchev–Trinajstić information content (AvgIpc) is 3.37. The van der Waals surface area contributed by atoms with Crippen molar-refractivity contribution in [1.82, 2.24) is 19.8 Å². The number of thiocarbonyl (C=S) groups is 1. The summed E-state index contributed by atoms with van der Waals surface area (Å²) in [4.78, 5) is 6.72. The first-order valence-electron chi connectivity index (χ1n) is 9.64. The number of ether oxygens (including phenoxy) is 1. The minimum atomic E-state index is -0.0919. The number of aliphatic hydroxyl groups excluding tert-OH is 1. The summed E-state index contributed by atoms with van der Waals surface area (Å²) in [5.41, 5.74) is 2.98. The molecule has 2 atom stereocenters. The zero-order chi connectivity index (χ0) is 20.2. The second-order valence-electron chi connectivity index (χ2n) is 6.87. The third-order valence-corrected chi connectivity index (χ3v) is 5.54. The predicted octanol–water partition coefficient (Wildman–Crippen LogP) is 3.24. The van der Waals surface area contributed by atoms with Gasteiger partial charge in [-0.2, -0.15) is 0 Å². The Balaban J connectivity index is 1.81. The topological polar surface area (TPSA) is 62.5 Å². The van der Waals surface area contributed by atoms with E-state index in [2.05, 4.69) is 25.8 Å². The Labute approximate surface area is 175 Å². The Hall–Kier alpha value is -2.90. The second kappa shape index (κ2) is 8.63. The van der Waals surface area contributed by atoms with E-state index >= 15 is 0 Å². The molecule has 0 saturated carbocycles. The molecule has 0 amide bonds. The average molecular weight is 409 g/mol. The fourth-order valence-corrected chi connectivity index (χ4v) is 4.22. The minimum absolute atomic E-state index is 0.0659. The van der Waals surface area contributed by atoms with Crippen LogP contribution in [0.5, 0.6) is 5.75 Å². The van der Waals surface area contributed by atoms with Crippen molar-refractivity contribution >= 4 is 17.3 Å². The standard InChI is InChI=1S/C22H24N4O2S/c1-28-19-11-3-2-9-17(19)25-13-6-10-18(25)21-20(16-8-4-5-12-23-16)24-22(29)26(21)14-7-15-27/h2-6,8-13,20-21,27H,7,14-15H2,1H3,(H,24,29)/t20-,21-/m0/s1. The Kier molecular flexibility index (Phi) is 5.78. The highest BCUT2D eigenvalue weighted by molar-refractivity contribution is 7.80. The summed E-state index contributed by atoms with van der Waals surface area (Å²) < 4.78 is 7.73. The van der Waals surface area contributed by atoms with Crippen LogP contribution in [0.3, 0.4) is 0 Å². The van der Waals surface area contributed by atoms with Crippen molar-refractivity contribution in [3.05, 3.63) is 78.4 Å². The zero-order valence-corrected chi connectivity index (χ0v) is 17.0. The lowest BCUT2D eigenvalue weighted by molar-refractivity contribution is 0.244. The first kappa shape index (κ1) is 19.4. The van der Waals surface area contributed by atoms with Gasteiger partial charge in [0.25, 0.3) is 0 Å². The number of benzene rings is 1. The Morgan fingerprint density at radius 3 is 2.72 bits per heavy atom. The normalized spacial score (nSPS) is 18.7. The number of para-hydroxylation sites is 2. The van der Waals surface area contributed by atoms with Crippen LogP contribution in [0.25, 0.3) is 5.69 Å². The van der Waals surface area contributed by atoms with Crippen LogP contribution in [0.2, 0.25) is 0 Å². The van der Waals surface area contributed by atoms with Crippen LogP contribution in [0.1, 0.15) is 29.9 Å². The first-order valence-corrected chi connectivity index (χ1v) is 10.0. The molecule has 29 heavy (non-hydrogen) atoms. The number of methoxy groups -OCH3 is 1. The van der Waals surface area contributed by atoms with Crippen LogP contribution < -0.4 is 10.1 Å². The molecular formula is C22H24N4O2S. The number of aliphatic hydroxyl groups is 1. The van der Waals surface area contributed by atoms with Gasteiger partial charge in [-0.15, -0.1) is 0 Å². The molecule has 150 valence electrons. The van der Waals surface area contributed by atoms with Crippen molar-refractivity contribution in [2.45, 2.75) is 18.5 Å². The molecule has 1 saturated heterocycles. The number of hydrogen-bond donors (Lipinski definition) is 2. The van der Waals surface area contributed by atoms with E-state index in [4.69, 9.17) is 17.0 Å². The number of rotatable bonds is 7. The monoisotopic (exact) mass is 408 g/mol. The number of hydrogen-bond acceptors (Lipinski definition) is 4. The zero-order valence-electron chi connectivity index (χ0n) is 16.2. The molecule has 3 heterocycles. The third kappa shape index (κ3) is 3.71. The molecule has 1 fully saturated rings. The first-order chi connectivity index (χ1) is 14.2. The Morgan fingerprint density at radius 1 is 1.14 bits per heavy atom. The summed E-state index contributed by atoms with van der Waals surface area (Å²) >= 11 is 5.66. The lowest BCUT2D eigenvalue weighted by atomic mass is 10.0. The van der Waals surface area contributed by atoms with Gasteiger partial charge in [-0.3, -0.25) is 4.98 Å². The number of pyridine rings is 1. The molecular weight excluding hydrogens is 384 g/mol. The van der Waals surface area contributed by atoms with Crippen LogP contribution in [0, 0.1) is 0 Å². The van der Waals surface area contributed by atoms with Crippen LogP contribution in [0.4, 0.5) is 0 Å². The summed E-state index contributed by atoms with van der Waals surface area (Å²) in [5.74, 6) is 0.801. The molecule has 4 rings (SSSR count). The van der Waals surface area contributed by atoms with E-state index in [1.807, 2.05) is 54.7 Å². The molecule has 1 aromatic carbocycles. The molecule has 0 aliphatic carbocycles. The fraction of sp³-hybridized carbons (Fsp3) is 0.273. The van der Waals surface area contributed by atoms with Crippen LogP contribution in [0.15, 0.2) is 67.0 Å². The maximum Gasteiger partial charge on any atom is 0.170 e. The molecule has 3 aromatic rings. The molecule has 0 bridgehead atoms. The van der Waals surface area contributed by atoms with Gasteiger partial charge in [0.2, 0.25) is 0 Å². The van der Waals surface area contributed by atoms with Gasteiger partial charge in [-0.1, -0.05) is 18.2 Å². The SMILES string of the molecule is COc1ccccc1-n1cccc1[C@H]1[C@H](c2ccccn2)NC(=S)N1CCCO. The van der Waals surface area contributed by atoms with Crippen molar-refractivity contribution in [2.75, 3.05) is 20.3 Å². The molecule has 0 unspecified atom stereocenters. The summed E-state index contributed by atoms with van der Waals surface area (Å²) in [6.45, 7) is 0.779. The molecule has 2 aromatic heterocycles. The molecule has 2 N–H and O–H groups in total. The second-order valence-corrected chi connectivity index (χ2v) is 7.26. The van der Waals surface area contributed by atoms with Crippen molar-refractivity contribution in [1.29, 1.82) is 0 Å². The summed E-state index contributed by atoms with van der Waals surface area (Å²) in [6, 6.07) is 17.8. The molecule has 1 aliphatic heterocycles. The van der Waals surface area contributed by atoms with Crippen molar-refractivity contribution in [3.63, 3.8) is 0 Å². The van der Waals surface area contributed by atoms with Crippen molar-refractivity contribution < 1.29 is 9.84 Å². The lowest BCUT2D eigenvalue weighted by Crippen LogP contribution is -2.31. The highest BCUT2D eigenvalue weighted by Gasteiger charge is 2.41. The maximum absolute atomic E-state index is 9.39. The highest BCUT2D eigenvalue weighted by atomic mass is 32.1. The summed E-state index contributed by atoms with van der Waals surface area (Å²) in [5, 5.41) is 13.5. The summed E-state index contributed by atoms with van der Waals surface area (Å²) in [7, 11) is 1.68. The largest absolute Gasteiger partial charge is 0.495 e. The number of nitrogens with one attached hydrogen (secondary N) is 1. The maximum atomic E-state index is 9.39. The van der Waals surface area contributed by atoms with E-state index < -0.39 is 0 Å². The molecule has 7 heteroatoms. The van der Waals surface area contributed by atoms with E-state index in [0.29, 0.717) is 18.1 Å². The van der Waals surface area contributed by atoms with Gasteiger partial charge in [0.1, 0.15) is 5.75 Å². The molecule has 6 nitrogen and oxygen atoms in total. The van der Waals surface area contributed by atoms with Gasteiger partial charge in [0.15, 0.2) is 5.11 Å². The molecule has 0 spiro atoms. The van der Waals surface area contributed by atoms with Crippen molar-refractivity contribution in [2.24, 2.45) is 0 Å². The smallest absolute Gasteiger partial charge is 0.170 e. The van der Waals surface area contributed by atoms with E-state index in [1.165, 1.54) is 0 Å². The summed E-state index contributed by atoms with van der Waals surface area (Å²) in [6.07, 6.45) is 4.48. The van der Waals surface area contributed by atoms with Crippen LogP contribution in [-0.4, -0.2) is 44.9 Å². The van der Waals surface area contributed by atoms with E-state index in [-0.39, 0.29) is 18.7 Å². The lowest BCUT2D eigenvalue weighted by Gasteiger charge is -2.29. The predicted molar refractivity (Wildman–Crippen MR) is 116 cm³/mol. The van der Waals surface area contributed by atoms with Crippen LogP contribution >= 0.6 is 12.2 Å². The van der Waals surface area contributed by atoms with Gasteiger partial charge < -0.3 is 24.6 Å². The van der Waals surface area contributed by atoms with Gasteiger partial charge in [-0.25, -0.2) is 0 Å². The van der Waals surface area contributed by atoms with E-state index in [0.717, 1.165) is 22.8 Å². The Bertz CT molecular complexity index is 976. The number of aromatic nitrogens is 2. The van der Waals surface area contributed by atoms with Gasteiger partial charge in [0.05, 0.1) is 30.6 Å². The fourth-order valence-electron chi connectivity index (χ4n) is 3.89. The molecule has 0 radical (unpaired) electrons. The Morgan fingerprint density at radius 2 is 1.97 bits per heavy atom. The molecule has 1 aliphatic rings. The van der Waals surface area contributed by atoms with Crippen molar-refractivity contribution in [3.8, 4) is 11.4 Å². The van der Waals surface area contributed by atoms with E-state index in [1.54, 1.807) is 13.3 Å². The van der Waals surface area contributed by atoms with Gasteiger partial charge >= 0.3 is 0 Å². The van der Waals surface area contributed by atoms with Gasteiger partial charge in [-0.05, 0) is 55.0 Å². The highest BCUT2D eigenvalue weighted by Crippen LogP contribution is 2.40. The number of nitrogens with zero attached hydrogens (tertiary/aromatic N) is 3. The third-order valence-electron chi connectivity index (χ3n) is 5.18. The van der Waals surface area contributed by atoms with Gasteiger partial charge in [0, 0.05) is 31.2 Å². The van der Waals surface area contributed by atoms with Crippen LogP contribution in [-0.2, 0) is 0 Å². The van der Waals surface area contributed by atoms with E-state index in [9.17, 15) is 5.11 Å².